The summed E-state index contributed by atoms with van der Waals surface area (Å²) in [6, 6.07) is 1.09. The molecule has 1 heterocycles. The van der Waals surface area contributed by atoms with Crippen molar-refractivity contribution in [2.45, 2.75) is 20.3 Å². The average molecular weight is 288 g/mol. The van der Waals surface area contributed by atoms with E-state index in [1.807, 2.05) is 0 Å². The Kier molecular flexibility index (Phi) is 6.73. The molecule has 1 N–H and O–H groups in total. The summed E-state index contributed by atoms with van der Waals surface area (Å²) in [5, 5.41) is 2.73. The summed E-state index contributed by atoms with van der Waals surface area (Å²) < 4.78 is 13.0. The first-order chi connectivity index (χ1) is 9.08. The van der Waals surface area contributed by atoms with Crippen LogP contribution in [0.2, 0.25) is 5.15 Å². The fourth-order valence-corrected chi connectivity index (χ4v) is 1.94. The van der Waals surface area contributed by atoms with Crippen molar-refractivity contribution < 1.29 is 9.18 Å². The van der Waals surface area contributed by atoms with Crippen LogP contribution in [0.3, 0.4) is 0 Å². The fourth-order valence-electron chi connectivity index (χ4n) is 1.75. The van der Waals surface area contributed by atoms with Gasteiger partial charge < -0.3 is 10.2 Å². The van der Waals surface area contributed by atoms with Gasteiger partial charge in [0.2, 0.25) is 0 Å². The molecule has 0 aliphatic rings. The second kappa shape index (κ2) is 8.07. The van der Waals surface area contributed by atoms with E-state index >= 15 is 0 Å². The lowest BCUT2D eigenvalue weighted by atomic mass is 10.2. The van der Waals surface area contributed by atoms with Crippen molar-refractivity contribution in [1.29, 1.82) is 0 Å². The summed E-state index contributed by atoms with van der Waals surface area (Å²) in [4.78, 5) is 17.7. The Bertz CT molecular complexity index is 428. The number of likely N-dealkylation sites (N-methyl/N-ethyl adjacent to an activating group) is 1. The number of aromatic nitrogens is 1. The number of amides is 1. The molecule has 0 aliphatic heterocycles. The minimum atomic E-state index is -0.573. The van der Waals surface area contributed by atoms with Crippen molar-refractivity contribution in [3.63, 3.8) is 0 Å². The SMILES string of the molecule is CCCN(CC)CCNC(=O)c1cc(F)cnc1Cl. The monoisotopic (exact) mass is 287 g/mol. The van der Waals surface area contributed by atoms with E-state index in [0.29, 0.717) is 6.54 Å². The van der Waals surface area contributed by atoms with Gasteiger partial charge in [-0.2, -0.15) is 0 Å². The number of carbonyl (C=O) groups is 1. The van der Waals surface area contributed by atoms with Crippen LogP contribution in [0.1, 0.15) is 30.6 Å². The van der Waals surface area contributed by atoms with E-state index in [4.69, 9.17) is 11.6 Å². The maximum absolute atomic E-state index is 13.0. The molecule has 0 aromatic carbocycles. The van der Waals surface area contributed by atoms with Gasteiger partial charge in [-0.15, -0.1) is 0 Å². The highest BCUT2D eigenvalue weighted by Gasteiger charge is 2.12. The van der Waals surface area contributed by atoms with Gasteiger partial charge in [-0.25, -0.2) is 9.37 Å². The molecule has 4 nitrogen and oxygen atoms in total. The maximum Gasteiger partial charge on any atom is 0.254 e. The van der Waals surface area contributed by atoms with Crippen LogP contribution >= 0.6 is 11.6 Å². The Labute approximate surface area is 118 Å². The predicted molar refractivity (Wildman–Crippen MR) is 73.9 cm³/mol. The van der Waals surface area contributed by atoms with E-state index in [0.717, 1.165) is 38.3 Å². The zero-order valence-electron chi connectivity index (χ0n) is 11.2. The lowest BCUT2D eigenvalue weighted by Gasteiger charge is -2.19. The van der Waals surface area contributed by atoms with Crippen LogP contribution in [-0.4, -0.2) is 42.0 Å². The fraction of sp³-hybridized carbons (Fsp3) is 0.538. The van der Waals surface area contributed by atoms with E-state index in [9.17, 15) is 9.18 Å². The highest BCUT2D eigenvalue weighted by Crippen LogP contribution is 2.13. The number of hydrogen-bond donors (Lipinski definition) is 1. The van der Waals surface area contributed by atoms with E-state index < -0.39 is 11.7 Å². The Hall–Kier alpha value is -1.20. The van der Waals surface area contributed by atoms with Gasteiger partial charge in [-0.3, -0.25) is 4.79 Å². The number of pyridine rings is 1. The van der Waals surface area contributed by atoms with Crippen molar-refractivity contribution in [3.05, 3.63) is 28.8 Å². The number of hydrogen-bond acceptors (Lipinski definition) is 3. The molecule has 1 amide bonds. The lowest BCUT2D eigenvalue weighted by Crippen LogP contribution is -2.35. The van der Waals surface area contributed by atoms with Crippen LogP contribution in [0.4, 0.5) is 4.39 Å². The van der Waals surface area contributed by atoms with Gasteiger partial charge in [0.05, 0.1) is 11.8 Å². The first-order valence-electron chi connectivity index (χ1n) is 6.40. The summed E-state index contributed by atoms with van der Waals surface area (Å²) in [6.07, 6.45) is 2.06. The maximum atomic E-state index is 13.0. The molecule has 106 valence electrons. The largest absolute Gasteiger partial charge is 0.351 e. The van der Waals surface area contributed by atoms with E-state index in [1.165, 1.54) is 0 Å². The van der Waals surface area contributed by atoms with Gasteiger partial charge in [0.1, 0.15) is 11.0 Å². The summed E-state index contributed by atoms with van der Waals surface area (Å²) in [5.74, 6) is -0.972. The number of halogens is 2. The third-order valence-corrected chi connectivity index (χ3v) is 3.05. The molecule has 0 bridgehead atoms. The Morgan fingerprint density at radius 2 is 2.21 bits per heavy atom. The molecule has 1 rings (SSSR count). The zero-order chi connectivity index (χ0) is 14.3. The molecule has 0 radical (unpaired) electrons. The molecule has 0 spiro atoms. The van der Waals surface area contributed by atoms with Crippen molar-refractivity contribution >= 4 is 17.5 Å². The van der Waals surface area contributed by atoms with E-state index in [2.05, 4.69) is 29.0 Å². The van der Waals surface area contributed by atoms with Crippen LogP contribution in [0.25, 0.3) is 0 Å². The Balaban J connectivity index is 2.49. The average Bonchev–Trinajstić information content (AvgIpc) is 2.40. The van der Waals surface area contributed by atoms with E-state index in [1.54, 1.807) is 0 Å². The second-order valence-electron chi connectivity index (χ2n) is 4.18. The molecule has 6 heteroatoms. The first kappa shape index (κ1) is 15.9. The van der Waals surface area contributed by atoms with Gasteiger partial charge in [-0.05, 0) is 25.6 Å². The molecule has 19 heavy (non-hydrogen) atoms. The summed E-state index contributed by atoms with van der Waals surface area (Å²) in [5.41, 5.74) is 0.0696. The minimum Gasteiger partial charge on any atom is -0.351 e. The molecular weight excluding hydrogens is 269 g/mol. The molecule has 0 saturated heterocycles. The molecule has 1 aromatic heterocycles. The molecule has 0 unspecified atom stereocenters. The molecule has 0 aliphatic carbocycles. The third kappa shape index (κ3) is 5.12. The molecule has 1 aromatic rings. The van der Waals surface area contributed by atoms with Gasteiger partial charge in [-0.1, -0.05) is 25.4 Å². The van der Waals surface area contributed by atoms with Crippen LogP contribution in [0.5, 0.6) is 0 Å². The van der Waals surface area contributed by atoms with Gasteiger partial charge >= 0.3 is 0 Å². The van der Waals surface area contributed by atoms with E-state index in [-0.39, 0.29) is 10.7 Å². The van der Waals surface area contributed by atoms with Crippen LogP contribution in [0, 0.1) is 5.82 Å². The highest BCUT2D eigenvalue weighted by atomic mass is 35.5. The smallest absolute Gasteiger partial charge is 0.254 e. The summed E-state index contributed by atoms with van der Waals surface area (Å²) in [6.45, 7) is 7.38. The Morgan fingerprint density at radius 3 is 2.84 bits per heavy atom. The Morgan fingerprint density at radius 1 is 1.47 bits per heavy atom. The molecule has 0 saturated carbocycles. The predicted octanol–water partition coefficient (Wildman–Crippen LogP) is 2.34. The molecule has 0 fully saturated rings. The van der Waals surface area contributed by atoms with Crippen LogP contribution < -0.4 is 5.32 Å². The number of rotatable bonds is 7. The van der Waals surface area contributed by atoms with Crippen molar-refractivity contribution in [2.24, 2.45) is 0 Å². The van der Waals surface area contributed by atoms with Crippen molar-refractivity contribution in [3.8, 4) is 0 Å². The summed E-state index contributed by atoms with van der Waals surface area (Å²) >= 11 is 5.76. The molecular formula is C13H19ClFN3O. The summed E-state index contributed by atoms with van der Waals surface area (Å²) in [7, 11) is 0. The van der Waals surface area contributed by atoms with Gasteiger partial charge in [0.15, 0.2) is 0 Å². The standard InChI is InChI=1S/C13H19ClFN3O/c1-3-6-18(4-2)7-5-16-13(19)11-8-10(15)9-17-12(11)14/h8-9H,3-7H2,1-2H3,(H,16,19). The van der Waals surface area contributed by atoms with Gasteiger partial charge in [0, 0.05) is 13.1 Å². The number of nitrogens with one attached hydrogen (secondary N) is 1. The van der Waals surface area contributed by atoms with Crippen molar-refractivity contribution in [1.82, 2.24) is 15.2 Å². The topological polar surface area (TPSA) is 45.2 Å². The number of nitrogens with zero attached hydrogens (tertiary/aromatic N) is 2. The zero-order valence-corrected chi connectivity index (χ0v) is 12.0. The molecule has 0 atom stereocenters. The normalized spacial score (nSPS) is 10.8. The van der Waals surface area contributed by atoms with Gasteiger partial charge in [0.25, 0.3) is 5.91 Å². The third-order valence-electron chi connectivity index (χ3n) is 2.75. The quantitative estimate of drug-likeness (QED) is 0.783. The number of carbonyl (C=O) groups excluding carboxylic acids is 1. The van der Waals surface area contributed by atoms with Crippen molar-refractivity contribution in [2.75, 3.05) is 26.2 Å². The second-order valence-corrected chi connectivity index (χ2v) is 4.54. The van der Waals surface area contributed by atoms with Crippen LogP contribution in [0.15, 0.2) is 12.3 Å². The highest BCUT2D eigenvalue weighted by molar-refractivity contribution is 6.32. The lowest BCUT2D eigenvalue weighted by molar-refractivity contribution is 0.0948. The minimum absolute atomic E-state index is 0.0137. The van der Waals surface area contributed by atoms with Crippen LogP contribution in [-0.2, 0) is 0 Å². The first-order valence-corrected chi connectivity index (χ1v) is 6.77.